The van der Waals surface area contributed by atoms with Crippen LogP contribution in [-0.4, -0.2) is 36.4 Å². The van der Waals surface area contributed by atoms with E-state index in [1.807, 2.05) is 0 Å². The molecule has 1 aliphatic heterocycles. The molecule has 0 radical (unpaired) electrons. The fourth-order valence-electron chi connectivity index (χ4n) is 4.34. The Balaban J connectivity index is 1.52. The molecule has 0 aliphatic carbocycles. The van der Waals surface area contributed by atoms with Gasteiger partial charge < -0.3 is 9.64 Å². The van der Waals surface area contributed by atoms with E-state index in [0.29, 0.717) is 16.8 Å². The third-order valence-corrected chi connectivity index (χ3v) is 7.34. The number of rotatable bonds is 7. The van der Waals surface area contributed by atoms with Gasteiger partial charge in [0.1, 0.15) is 12.4 Å². The molecule has 1 aromatic carbocycles. The van der Waals surface area contributed by atoms with Gasteiger partial charge in [0.25, 0.3) is 15.9 Å². The standard InChI is InChI=1S/C25H27ClN4O4S/c1-17-14-25(2,3)30(15-17)23-20(6-5-13-27-23)24(31)29-35(32,33)22-8-4-7-21(28-22)34-16-18-9-11-19(26)12-10-18/h4-13,17H,14-16H2,1-3H3,(H,29,31). The second-order valence-electron chi connectivity index (χ2n) is 9.27. The summed E-state index contributed by atoms with van der Waals surface area (Å²) in [5.74, 6) is 0.233. The molecule has 1 N–H and O–H groups in total. The zero-order chi connectivity index (χ0) is 25.2. The lowest BCUT2D eigenvalue weighted by atomic mass is 9.97. The number of aromatic nitrogens is 2. The summed E-state index contributed by atoms with van der Waals surface area (Å²) in [5, 5.41) is 0.287. The summed E-state index contributed by atoms with van der Waals surface area (Å²) in [6.07, 6.45) is 2.54. The van der Waals surface area contributed by atoms with Crippen molar-refractivity contribution >= 4 is 33.3 Å². The molecule has 1 saturated heterocycles. The summed E-state index contributed by atoms with van der Waals surface area (Å²) < 4.78 is 33.7. The molecule has 2 aromatic heterocycles. The molecule has 3 aromatic rings. The van der Waals surface area contributed by atoms with E-state index in [4.69, 9.17) is 16.3 Å². The molecule has 0 saturated carbocycles. The number of hydrogen-bond donors (Lipinski definition) is 1. The lowest BCUT2D eigenvalue weighted by Gasteiger charge is -2.33. The van der Waals surface area contributed by atoms with Gasteiger partial charge in [-0.2, -0.15) is 13.4 Å². The molecule has 0 spiro atoms. The third-order valence-electron chi connectivity index (χ3n) is 5.86. The number of ether oxygens (including phenoxy) is 1. The van der Waals surface area contributed by atoms with Gasteiger partial charge in [-0.05, 0) is 62.1 Å². The Bertz CT molecular complexity index is 1330. The van der Waals surface area contributed by atoms with Gasteiger partial charge in [-0.3, -0.25) is 4.79 Å². The molecule has 1 aliphatic rings. The molecule has 0 bridgehead atoms. The molecular formula is C25H27ClN4O4S. The van der Waals surface area contributed by atoms with E-state index in [2.05, 4.69) is 40.4 Å². The van der Waals surface area contributed by atoms with E-state index in [1.54, 1.807) is 48.7 Å². The Morgan fingerprint density at radius 2 is 1.91 bits per heavy atom. The molecular weight excluding hydrogens is 488 g/mol. The predicted octanol–water partition coefficient (Wildman–Crippen LogP) is 4.45. The van der Waals surface area contributed by atoms with Crippen LogP contribution in [0, 0.1) is 5.92 Å². The van der Waals surface area contributed by atoms with Crippen molar-refractivity contribution in [1.82, 2.24) is 14.7 Å². The van der Waals surface area contributed by atoms with Crippen LogP contribution in [0.5, 0.6) is 5.88 Å². The number of carbonyl (C=O) groups is 1. The Morgan fingerprint density at radius 3 is 2.60 bits per heavy atom. The Hall–Kier alpha value is -3.17. The fraction of sp³-hybridized carbons (Fsp3) is 0.320. The maximum Gasteiger partial charge on any atom is 0.281 e. The van der Waals surface area contributed by atoms with E-state index in [0.717, 1.165) is 18.5 Å². The smallest absolute Gasteiger partial charge is 0.281 e. The number of sulfonamides is 1. The van der Waals surface area contributed by atoms with Gasteiger partial charge in [-0.15, -0.1) is 0 Å². The Kier molecular flexibility index (Phi) is 7.00. The number of hydrogen-bond acceptors (Lipinski definition) is 7. The molecule has 10 heteroatoms. The molecule has 1 atom stereocenters. The quantitative estimate of drug-likeness (QED) is 0.497. The molecule has 184 valence electrons. The van der Waals surface area contributed by atoms with Gasteiger partial charge in [0.05, 0.1) is 5.56 Å². The minimum atomic E-state index is -4.25. The van der Waals surface area contributed by atoms with Crippen molar-refractivity contribution < 1.29 is 17.9 Å². The highest BCUT2D eigenvalue weighted by Gasteiger charge is 2.39. The zero-order valence-electron chi connectivity index (χ0n) is 19.7. The normalized spacial score (nSPS) is 17.3. The first-order valence-electron chi connectivity index (χ1n) is 11.2. The van der Waals surface area contributed by atoms with Gasteiger partial charge in [0, 0.05) is 29.4 Å². The second-order valence-corrected chi connectivity index (χ2v) is 11.3. The van der Waals surface area contributed by atoms with E-state index >= 15 is 0 Å². The van der Waals surface area contributed by atoms with Crippen molar-refractivity contribution in [3.8, 4) is 5.88 Å². The average Bonchev–Trinajstić information content (AvgIpc) is 3.10. The number of carbonyl (C=O) groups excluding carboxylic acids is 1. The summed E-state index contributed by atoms with van der Waals surface area (Å²) in [7, 11) is -4.25. The van der Waals surface area contributed by atoms with Crippen LogP contribution in [0.15, 0.2) is 65.8 Å². The lowest BCUT2D eigenvalue weighted by molar-refractivity contribution is 0.0981. The highest BCUT2D eigenvalue weighted by Crippen LogP contribution is 2.37. The van der Waals surface area contributed by atoms with Crippen LogP contribution in [0.4, 0.5) is 5.82 Å². The van der Waals surface area contributed by atoms with E-state index in [9.17, 15) is 13.2 Å². The summed E-state index contributed by atoms with van der Waals surface area (Å²) in [6.45, 7) is 7.23. The number of nitrogens with one attached hydrogen (secondary N) is 1. The molecule has 1 amide bonds. The third kappa shape index (κ3) is 5.74. The molecule has 1 fully saturated rings. The van der Waals surface area contributed by atoms with Crippen LogP contribution in [0.2, 0.25) is 5.02 Å². The molecule has 1 unspecified atom stereocenters. The molecule has 4 rings (SSSR count). The van der Waals surface area contributed by atoms with Crippen LogP contribution >= 0.6 is 11.6 Å². The summed E-state index contributed by atoms with van der Waals surface area (Å²) in [6, 6.07) is 14.6. The van der Waals surface area contributed by atoms with Crippen LogP contribution in [-0.2, 0) is 16.6 Å². The van der Waals surface area contributed by atoms with Gasteiger partial charge in [-0.25, -0.2) is 9.71 Å². The topological polar surface area (TPSA) is 101 Å². The largest absolute Gasteiger partial charge is 0.473 e. The highest BCUT2D eigenvalue weighted by molar-refractivity contribution is 7.90. The van der Waals surface area contributed by atoms with Crippen LogP contribution < -0.4 is 14.4 Å². The number of benzene rings is 1. The van der Waals surface area contributed by atoms with Crippen LogP contribution in [0.1, 0.15) is 43.1 Å². The number of nitrogens with zero attached hydrogens (tertiary/aromatic N) is 3. The van der Waals surface area contributed by atoms with Crippen molar-refractivity contribution in [3.63, 3.8) is 0 Å². The van der Waals surface area contributed by atoms with Gasteiger partial charge >= 0.3 is 0 Å². The Labute approximate surface area is 210 Å². The van der Waals surface area contributed by atoms with E-state index in [1.165, 1.54) is 12.1 Å². The highest BCUT2D eigenvalue weighted by atomic mass is 35.5. The fourth-order valence-corrected chi connectivity index (χ4v) is 5.39. The summed E-state index contributed by atoms with van der Waals surface area (Å²) in [4.78, 5) is 23.7. The molecule has 35 heavy (non-hydrogen) atoms. The number of pyridine rings is 2. The number of amides is 1. The summed E-state index contributed by atoms with van der Waals surface area (Å²) in [5.41, 5.74) is 0.827. The van der Waals surface area contributed by atoms with Crippen molar-refractivity contribution in [2.45, 2.75) is 44.4 Å². The lowest BCUT2D eigenvalue weighted by Crippen LogP contribution is -2.41. The minimum Gasteiger partial charge on any atom is -0.473 e. The first-order chi connectivity index (χ1) is 16.5. The van der Waals surface area contributed by atoms with Crippen molar-refractivity contribution in [1.29, 1.82) is 0 Å². The van der Waals surface area contributed by atoms with Crippen molar-refractivity contribution in [2.75, 3.05) is 11.4 Å². The van der Waals surface area contributed by atoms with Crippen molar-refractivity contribution in [2.24, 2.45) is 5.92 Å². The van der Waals surface area contributed by atoms with Gasteiger partial charge in [-0.1, -0.05) is 36.7 Å². The predicted molar refractivity (Wildman–Crippen MR) is 134 cm³/mol. The zero-order valence-corrected chi connectivity index (χ0v) is 21.3. The van der Waals surface area contributed by atoms with E-state index < -0.39 is 15.9 Å². The molecule has 8 nitrogen and oxygen atoms in total. The maximum absolute atomic E-state index is 13.1. The van der Waals surface area contributed by atoms with Gasteiger partial charge in [0.15, 0.2) is 5.03 Å². The maximum atomic E-state index is 13.1. The minimum absolute atomic E-state index is 0.116. The average molecular weight is 515 g/mol. The SMILES string of the molecule is CC1CN(c2ncccc2C(=O)NS(=O)(=O)c2cccc(OCc3ccc(Cl)cc3)n2)C(C)(C)C1. The van der Waals surface area contributed by atoms with Crippen LogP contribution in [0.25, 0.3) is 0 Å². The number of halogens is 1. The van der Waals surface area contributed by atoms with Crippen LogP contribution in [0.3, 0.4) is 0 Å². The number of anilines is 1. The monoisotopic (exact) mass is 514 g/mol. The Morgan fingerprint density at radius 1 is 1.17 bits per heavy atom. The summed E-state index contributed by atoms with van der Waals surface area (Å²) >= 11 is 5.89. The molecule has 3 heterocycles. The van der Waals surface area contributed by atoms with Gasteiger partial charge in [0.2, 0.25) is 5.88 Å². The second kappa shape index (κ2) is 9.83. The first-order valence-corrected chi connectivity index (χ1v) is 13.1. The van der Waals surface area contributed by atoms with Crippen molar-refractivity contribution in [3.05, 3.63) is 76.9 Å². The first kappa shape index (κ1) is 24.9. The van der Waals surface area contributed by atoms with E-state index in [-0.39, 0.29) is 28.6 Å².